The lowest BCUT2D eigenvalue weighted by atomic mass is 9.82. The minimum absolute atomic E-state index is 0.0456. The number of hydrogen-bond acceptors (Lipinski definition) is 3. The van der Waals surface area contributed by atoms with Gasteiger partial charge in [-0.3, -0.25) is 4.79 Å². The van der Waals surface area contributed by atoms with Crippen LogP contribution in [0.15, 0.2) is 24.3 Å². The van der Waals surface area contributed by atoms with E-state index >= 15 is 0 Å². The fourth-order valence-electron chi connectivity index (χ4n) is 2.97. The lowest BCUT2D eigenvalue weighted by Crippen LogP contribution is -2.49. The molecule has 0 aliphatic heterocycles. The lowest BCUT2D eigenvalue weighted by Gasteiger charge is -2.37. The molecule has 0 unspecified atom stereocenters. The van der Waals surface area contributed by atoms with Gasteiger partial charge in [0, 0.05) is 12.1 Å². The van der Waals surface area contributed by atoms with Crippen molar-refractivity contribution in [1.29, 1.82) is 0 Å². The van der Waals surface area contributed by atoms with E-state index in [-0.39, 0.29) is 18.6 Å². The maximum absolute atomic E-state index is 10.9. The van der Waals surface area contributed by atoms with Crippen LogP contribution in [0.4, 0.5) is 0 Å². The quantitative estimate of drug-likeness (QED) is 0.745. The molecule has 0 heterocycles. The van der Waals surface area contributed by atoms with E-state index in [0.717, 1.165) is 36.8 Å². The number of hydrogen-bond donors (Lipinski definition) is 3. The van der Waals surface area contributed by atoms with Gasteiger partial charge in [0.2, 0.25) is 0 Å². The molecule has 4 heteroatoms. The van der Waals surface area contributed by atoms with E-state index in [1.165, 1.54) is 6.42 Å². The number of aliphatic carboxylic acids is 1. The third-order valence-electron chi connectivity index (χ3n) is 4.23. The van der Waals surface area contributed by atoms with Crippen LogP contribution in [0.25, 0.3) is 0 Å². The van der Waals surface area contributed by atoms with Crippen LogP contribution in [0, 0.1) is 0 Å². The first-order valence-corrected chi connectivity index (χ1v) is 7.30. The van der Waals surface area contributed by atoms with Gasteiger partial charge >= 0.3 is 5.97 Å². The molecule has 0 spiro atoms. The summed E-state index contributed by atoms with van der Waals surface area (Å²) in [5, 5.41) is 22.1. The van der Waals surface area contributed by atoms with Crippen LogP contribution in [0.5, 0.6) is 0 Å². The van der Waals surface area contributed by atoms with Crippen LogP contribution >= 0.6 is 0 Å². The van der Waals surface area contributed by atoms with Crippen molar-refractivity contribution in [3.8, 4) is 0 Å². The summed E-state index contributed by atoms with van der Waals surface area (Å²) >= 11 is 0. The highest BCUT2D eigenvalue weighted by atomic mass is 16.4. The zero-order valence-corrected chi connectivity index (χ0v) is 11.8. The number of nitrogens with one attached hydrogen (secondary N) is 1. The summed E-state index contributed by atoms with van der Waals surface area (Å²) in [6.07, 6.45) is 5.55. The Morgan fingerprint density at radius 3 is 2.40 bits per heavy atom. The van der Waals surface area contributed by atoms with Crippen LogP contribution in [0.2, 0.25) is 0 Å². The maximum atomic E-state index is 10.9. The van der Waals surface area contributed by atoms with Crippen molar-refractivity contribution in [1.82, 2.24) is 5.32 Å². The second kappa shape index (κ2) is 6.86. The number of carbonyl (C=O) groups is 1. The van der Waals surface area contributed by atoms with Crippen molar-refractivity contribution in [3.05, 3.63) is 35.4 Å². The van der Waals surface area contributed by atoms with Gasteiger partial charge in [0.1, 0.15) is 0 Å². The molecule has 1 aromatic rings. The summed E-state index contributed by atoms with van der Waals surface area (Å²) < 4.78 is 0. The molecule has 0 saturated heterocycles. The standard InChI is InChI=1S/C16H23NO3/c18-12-16(8-4-1-5-9-16)17-11-14-7-3-2-6-13(14)10-15(19)20/h2-3,6-7,17-18H,1,4-5,8-12H2,(H,19,20). The average Bonchev–Trinajstić information content (AvgIpc) is 2.47. The molecule has 1 saturated carbocycles. The van der Waals surface area contributed by atoms with E-state index in [0.29, 0.717) is 6.54 Å². The highest BCUT2D eigenvalue weighted by Gasteiger charge is 2.30. The molecule has 1 aromatic carbocycles. The second-order valence-corrected chi connectivity index (χ2v) is 5.69. The second-order valence-electron chi connectivity index (χ2n) is 5.69. The Hall–Kier alpha value is -1.39. The van der Waals surface area contributed by atoms with Gasteiger partial charge in [-0.2, -0.15) is 0 Å². The molecule has 20 heavy (non-hydrogen) atoms. The number of rotatable bonds is 6. The molecule has 0 aromatic heterocycles. The fourth-order valence-corrected chi connectivity index (χ4v) is 2.97. The van der Waals surface area contributed by atoms with Crippen LogP contribution in [-0.2, 0) is 17.8 Å². The van der Waals surface area contributed by atoms with Gasteiger partial charge in [0.15, 0.2) is 0 Å². The van der Waals surface area contributed by atoms with E-state index < -0.39 is 5.97 Å². The summed E-state index contributed by atoms with van der Waals surface area (Å²) in [4.78, 5) is 10.9. The van der Waals surface area contributed by atoms with Crippen molar-refractivity contribution < 1.29 is 15.0 Å². The van der Waals surface area contributed by atoms with E-state index in [1.807, 2.05) is 24.3 Å². The van der Waals surface area contributed by atoms with Gasteiger partial charge in [-0.1, -0.05) is 43.5 Å². The summed E-state index contributed by atoms with van der Waals surface area (Å²) in [6.45, 7) is 0.762. The minimum Gasteiger partial charge on any atom is -0.481 e. The zero-order valence-electron chi connectivity index (χ0n) is 11.8. The summed E-state index contributed by atoms with van der Waals surface area (Å²) in [5.41, 5.74) is 1.67. The predicted molar refractivity (Wildman–Crippen MR) is 77.5 cm³/mol. The highest BCUT2D eigenvalue weighted by Crippen LogP contribution is 2.28. The first-order valence-electron chi connectivity index (χ1n) is 7.30. The number of aliphatic hydroxyl groups is 1. The topological polar surface area (TPSA) is 69.6 Å². The molecule has 3 N–H and O–H groups in total. The maximum Gasteiger partial charge on any atom is 0.307 e. The van der Waals surface area contributed by atoms with Crippen molar-refractivity contribution in [2.75, 3.05) is 6.61 Å². The summed E-state index contributed by atoms with van der Waals surface area (Å²) in [7, 11) is 0. The van der Waals surface area contributed by atoms with Crippen molar-refractivity contribution in [3.63, 3.8) is 0 Å². The lowest BCUT2D eigenvalue weighted by molar-refractivity contribution is -0.136. The Labute approximate surface area is 119 Å². The smallest absolute Gasteiger partial charge is 0.307 e. The Morgan fingerprint density at radius 1 is 1.15 bits per heavy atom. The largest absolute Gasteiger partial charge is 0.481 e. The predicted octanol–water partition coefficient (Wildman–Crippen LogP) is 2.10. The summed E-state index contributed by atoms with van der Waals surface area (Å²) in [5.74, 6) is -0.813. The number of aliphatic hydroxyl groups excluding tert-OH is 1. The van der Waals surface area contributed by atoms with Gasteiger partial charge in [-0.05, 0) is 24.0 Å². The normalized spacial score (nSPS) is 17.9. The Bertz CT molecular complexity index is 453. The third-order valence-corrected chi connectivity index (χ3v) is 4.23. The van der Waals surface area contributed by atoms with E-state index in [2.05, 4.69) is 5.32 Å². The van der Waals surface area contributed by atoms with Crippen LogP contribution < -0.4 is 5.32 Å². The molecule has 4 nitrogen and oxygen atoms in total. The average molecular weight is 277 g/mol. The molecule has 0 amide bonds. The fraction of sp³-hybridized carbons (Fsp3) is 0.562. The van der Waals surface area contributed by atoms with Gasteiger partial charge in [0.25, 0.3) is 0 Å². The van der Waals surface area contributed by atoms with Crippen LogP contribution in [-0.4, -0.2) is 28.3 Å². The molecule has 0 atom stereocenters. The van der Waals surface area contributed by atoms with Crippen LogP contribution in [0.3, 0.4) is 0 Å². The summed E-state index contributed by atoms with van der Waals surface area (Å²) in [6, 6.07) is 7.61. The molecule has 1 aliphatic rings. The molecular weight excluding hydrogens is 254 g/mol. The molecule has 2 rings (SSSR count). The Kier molecular flexibility index (Phi) is 5.15. The van der Waals surface area contributed by atoms with Gasteiger partial charge in [0.05, 0.1) is 13.0 Å². The number of carboxylic acid groups (broad SMARTS) is 1. The molecular formula is C16H23NO3. The molecule has 0 radical (unpaired) electrons. The van der Waals surface area contributed by atoms with Crippen molar-refractivity contribution in [2.45, 2.75) is 50.6 Å². The monoisotopic (exact) mass is 277 g/mol. The SMILES string of the molecule is O=C(O)Cc1ccccc1CNC1(CO)CCCCC1. The first-order chi connectivity index (χ1) is 9.65. The van der Waals surface area contributed by atoms with Crippen LogP contribution in [0.1, 0.15) is 43.2 Å². The molecule has 110 valence electrons. The molecule has 1 aliphatic carbocycles. The van der Waals surface area contributed by atoms with Crippen molar-refractivity contribution in [2.24, 2.45) is 0 Å². The Balaban J connectivity index is 2.04. The van der Waals surface area contributed by atoms with Gasteiger partial charge < -0.3 is 15.5 Å². The van der Waals surface area contributed by atoms with E-state index in [1.54, 1.807) is 0 Å². The molecule has 0 bridgehead atoms. The highest BCUT2D eigenvalue weighted by molar-refractivity contribution is 5.70. The third kappa shape index (κ3) is 3.81. The minimum atomic E-state index is -0.813. The van der Waals surface area contributed by atoms with E-state index in [9.17, 15) is 9.90 Å². The number of benzene rings is 1. The number of carboxylic acids is 1. The first kappa shape index (κ1) is 15.0. The van der Waals surface area contributed by atoms with Gasteiger partial charge in [-0.25, -0.2) is 0 Å². The van der Waals surface area contributed by atoms with E-state index in [4.69, 9.17) is 5.11 Å². The zero-order chi connectivity index (χ0) is 14.4. The molecule has 1 fully saturated rings. The van der Waals surface area contributed by atoms with Gasteiger partial charge in [-0.15, -0.1) is 0 Å². The Morgan fingerprint density at radius 2 is 1.80 bits per heavy atom. The van der Waals surface area contributed by atoms with Crippen molar-refractivity contribution >= 4 is 5.97 Å².